The van der Waals surface area contributed by atoms with Crippen molar-refractivity contribution in [2.75, 3.05) is 105 Å². The fraction of sp³-hybridized carbons (Fsp3) is 0.385. The van der Waals surface area contributed by atoms with Crippen molar-refractivity contribution < 1.29 is 115 Å². The molecule has 0 spiro atoms. The standard InChI is InChI=1S/C104H124N12O24/c1-101(2,3)77-37-69-33-71-39-78(102(4,5)6)41-73(98(71)138-62-90(126)110-50-82(118)106-46-86(122)114-54-94(130)134-58-66-27-19-14-20-28-66)35-75-43-80(104(10,11)12)44-76(100(75)140-64-92(128)112-52-84(120)108-48-88(124)116-56-96(132)136-60-68-31-23-16-24-32-68)36-74-42-79(103(7,8)9)40-72(99(74)139-63-91(127)111-51-83(119)107-47-87(123)115-55-95(131)135-59-67-29-21-15-22-30-67)34-70(38-77)97(69)137-61-89(125)109-49-81(117)105-45-85(121)113-53-93(129)133-57-65-25-17-13-18-26-65/h13-32,37-44H,33-36,45-64H2,1-12H3,(H,105,117)(H,106,118)(H,107,119)(H,108,120)(H,109,125)(H,110,126)(H,111,127)(H,112,128)(H,113,121)(H,114,122)(H,115,123)(H,116,124). The molecule has 0 saturated heterocycles. The fourth-order valence-corrected chi connectivity index (χ4v) is 13.9. The molecule has 8 aromatic carbocycles. The Morgan fingerprint density at radius 3 is 0.500 bits per heavy atom. The van der Waals surface area contributed by atoms with Crippen LogP contribution in [0.25, 0.3) is 0 Å². The van der Waals surface area contributed by atoms with Gasteiger partial charge in [0.05, 0.1) is 52.4 Å². The minimum atomic E-state index is -0.794. The third-order valence-corrected chi connectivity index (χ3v) is 21.6. The van der Waals surface area contributed by atoms with E-state index >= 15 is 0 Å². The molecule has 0 fully saturated rings. The summed E-state index contributed by atoms with van der Waals surface area (Å²) in [4.78, 5) is 213. The zero-order chi connectivity index (χ0) is 102. The van der Waals surface area contributed by atoms with Gasteiger partial charge in [-0.15, -0.1) is 0 Å². The number of carbonyl (C=O) groups excluding carboxylic acids is 16. The van der Waals surface area contributed by atoms with Crippen molar-refractivity contribution in [2.24, 2.45) is 0 Å². The first-order chi connectivity index (χ1) is 66.5. The molecule has 36 heteroatoms. The molecule has 0 heterocycles. The van der Waals surface area contributed by atoms with E-state index in [-0.39, 0.29) is 75.1 Å². The molecule has 140 heavy (non-hydrogen) atoms. The number of benzene rings is 8. The lowest BCUT2D eigenvalue weighted by molar-refractivity contribution is -0.145. The van der Waals surface area contributed by atoms with E-state index in [4.69, 9.17) is 37.9 Å². The molecule has 0 radical (unpaired) electrons. The molecule has 744 valence electrons. The minimum absolute atomic E-state index is 0.0310. The molecular weight excluding hydrogens is 1800 g/mol. The quantitative estimate of drug-likeness (QED) is 0.0167. The topological polar surface area (TPSA) is 491 Å². The fourth-order valence-electron chi connectivity index (χ4n) is 13.9. The van der Waals surface area contributed by atoms with Gasteiger partial charge in [-0.3, -0.25) is 76.7 Å². The van der Waals surface area contributed by atoms with Crippen molar-refractivity contribution in [1.82, 2.24) is 63.8 Å². The SMILES string of the molecule is CC(C)(C)c1cc2c(OCC(=O)NCC(=O)NCC(=O)NCC(=O)OCc3ccccc3)c(c1)Cc1cc(C(C)(C)C)cc(c1OCC(=O)NCC(=O)NCC(=O)NCC(=O)OCc1ccccc1)Cc1cc(C(C)(C)C)cc(c1OCC(=O)NCC(=O)NCC(=O)NCC(=O)OCc1ccccc1)Cc1cc(C(C)(C)C)cc(c1OCC(=O)NCC(=O)NCC(=O)NCC(=O)OCc1ccccc1)C2. The second-order valence-corrected chi connectivity index (χ2v) is 37.3. The summed E-state index contributed by atoms with van der Waals surface area (Å²) in [6, 6.07) is 50.9. The van der Waals surface area contributed by atoms with Gasteiger partial charge in [0, 0.05) is 25.7 Å². The first-order valence-corrected chi connectivity index (χ1v) is 45.6. The highest BCUT2D eigenvalue weighted by Gasteiger charge is 2.32. The molecule has 0 aliphatic heterocycles. The Hall–Kier alpha value is -15.5. The molecule has 1 aliphatic carbocycles. The largest absolute Gasteiger partial charge is 0.483 e. The van der Waals surface area contributed by atoms with E-state index in [0.717, 1.165) is 44.5 Å². The third kappa shape index (κ3) is 37.2. The second-order valence-electron chi connectivity index (χ2n) is 37.3. The Labute approximate surface area is 812 Å². The number of amides is 12. The maximum atomic E-state index is 14.4. The van der Waals surface area contributed by atoms with Crippen molar-refractivity contribution >= 4 is 94.8 Å². The third-order valence-electron chi connectivity index (χ3n) is 21.6. The monoisotopic (exact) mass is 1920 g/mol. The van der Waals surface area contributed by atoms with Gasteiger partial charge in [-0.25, -0.2) is 0 Å². The molecule has 8 aromatic rings. The lowest BCUT2D eigenvalue weighted by Crippen LogP contribution is -2.43. The average molecular weight is 1930 g/mol. The highest BCUT2D eigenvalue weighted by Crippen LogP contribution is 2.45. The van der Waals surface area contributed by atoms with E-state index in [1.165, 1.54) is 0 Å². The van der Waals surface area contributed by atoms with Crippen molar-refractivity contribution in [3.8, 4) is 23.0 Å². The first-order valence-electron chi connectivity index (χ1n) is 45.6. The van der Waals surface area contributed by atoms with Gasteiger partial charge < -0.3 is 102 Å². The summed E-state index contributed by atoms with van der Waals surface area (Å²) < 4.78 is 48.5. The number of nitrogens with one attached hydrogen (secondary N) is 12. The summed E-state index contributed by atoms with van der Waals surface area (Å²) in [5.74, 6) is -11.5. The molecule has 0 unspecified atom stereocenters. The Balaban J connectivity index is 1.09. The van der Waals surface area contributed by atoms with E-state index in [1.54, 1.807) is 97.1 Å². The van der Waals surface area contributed by atoms with Gasteiger partial charge in [-0.05, 0) is 111 Å². The summed E-state index contributed by atoms with van der Waals surface area (Å²) in [5.41, 5.74) is 6.80. The lowest BCUT2D eigenvalue weighted by Gasteiger charge is -2.29. The molecule has 8 bridgehead atoms. The van der Waals surface area contributed by atoms with Gasteiger partial charge >= 0.3 is 23.9 Å². The first kappa shape index (κ1) is 108. The molecule has 0 atom stereocenters. The Bertz CT molecular complexity index is 4980. The summed E-state index contributed by atoms with van der Waals surface area (Å²) in [7, 11) is 0. The van der Waals surface area contributed by atoms with Gasteiger partial charge in [0.1, 0.15) is 75.6 Å². The van der Waals surface area contributed by atoms with Crippen LogP contribution >= 0.6 is 0 Å². The summed E-state index contributed by atoms with van der Waals surface area (Å²) in [6.07, 6.45) is -0.429. The maximum Gasteiger partial charge on any atom is 0.325 e. The lowest BCUT2D eigenvalue weighted by atomic mass is 9.79. The van der Waals surface area contributed by atoms with Crippen LogP contribution in [0.5, 0.6) is 23.0 Å². The molecule has 12 N–H and O–H groups in total. The van der Waals surface area contributed by atoms with Crippen LogP contribution in [0.3, 0.4) is 0 Å². The van der Waals surface area contributed by atoms with E-state index in [0.29, 0.717) is 44.5 Å². The molecule has 0 aromatic heterocycles. The van der Waals surface area contributed by atoms with Gasteiger partial charge in [0.2, 0.25) is 47.3 Å². The molecule has 12 amide bonds. The van der Waals surface area contributed by atoms with Crippen molar-refractivity contribution in [1.29, 1.82) is 0 Å². The van der Waals surface area contributed by atoms with Gasteiger partial charge in [-0.2, -0.15) is 0 Å². The van der Waals surface area contributed by atoms with Crippen LogP contribution in [-0.2, 0) is 169 Å². The number of ether oxygens (including phenoxy) is 8. The number of hydrogen-bond donors (Lipinski definition) is 12. The Morgan fingerprint density at radius 1 is 0.207 bits per heavy atom. The molecule has 9 rings (SSSR count). The van der Waals surface area contributed by atoms with Crippen LogP contribution in [0.15, 0.2) is 170 Å². The highest BCUT2D eigenvalue weighted by atomic mass is 16.5. The average Bonchev–Trinajstić information content (AvgIpc) is 0.757. The number of hydrogen-bond acceptors (Lipinski definition) is 24. The maximum absolute atomic E-state index is 14.4. The minimum Gasteiger partial charge on any atom is -0.483 e. The zero-order valence-corrected chi connectivity index (χ0v) is 80.9. The van der Waals surface area contributed by atoms with E-state index in [1.807, 2.05) is 156 Å². The molecular formula is C104H124N12O24. The Morgan fingerprint density at radius 2 is 0.350 bits per heavy atom. The number of rotatable bonds is 44. The predicted molar refractivity (Wildman–Crippen MR) is 515 cm³/mol. The van der Waals surface area contributed by atoms with Crippen LogP contribution in [-0.4, -0.2) is 200 Å². The highest BCUT2D eigenvalue weighted by molar-refractivity contribution is 5.93. The molecule has 0 saturated carbocycles. The molecule has 36 nitrogen and oxygen atoms in total. The van der Waals surface area contributed by atoms with Crippen molar-refractivity contribution in [3.05, 3.63) is 259 Å². The van der Waals surface area contributed by atoms with Crippen LogP contribution in [0.1, 0.15) is 172 Å². The second kappa shape index (κ2) is 52.1. The van der Waals surface area contributed by atoms with E-state index in [2.05, 4.69) is 63.8 Å². The van der Waals surface area contributed by atoms with Gasteiger partial charge in [0.15, 0.2) is 26.4 Å². The Kier molecular flexibility index (Phi) is 40.3. The summed E-state index contributed by atoms with van der Waals surface area (Å²) in [5, 5.41) is 29.6. The van der Waals surface area contributed by atoms with Crippen molar-refractivity contribution in [2.45, 2.75) is 157 Å². The predicted octanol–water partition coefficient (Wildman–Crippen LogP) is 5.44. The normalized spacial score (nSPS) is 11.6. The van der Waals surface area contributed by atoms with Crippen molar-refractivity contribution in [3.63, 3.8) is 0 Å². The smallest absolute Gasteiger partial charge is 0.325 e. The summed E-state index contributed by atoms with van der Waals surface area (Å²) in [6.45, 7) is 14.0. The molecule has 1 aliphatic rings. The van der Waals surface area contributed by atoms with E-state index < -0.39 is 221 Å². The van der Waals surface area contributed by atoms with Crippen LogP contribution in [0.4, 0.5) is 0 Å². The van der Waals surface area contributed by atoms with Gasteiger partial charge in [0.25, 0.3) is 23.6 Å². The number of fused-ring (bicyclic) bond motifs is 8. The number of carbonyl (C=O) groups is 16. The van der Waals surface area contributed by atoms with Crippen LogP contribution in [0, 0.1) is 0 Å². The van der Waals surface area contributed by atoms with E-state index in [9.17, 15) is 76.7 Å². The zero-order valence-electron chi connectivity index (χ0n) is 80.9. The van der Waals surface area contributed by atoms with Crippen LogP contribution < -0.4 is 82.7 Å². The van der Waals surface area contributed by atoms with Crippen LogP contribution in [0.2, 0.25) is 0 Å². The number of esters is 4. The van der Waals surface area contributed by atoms with Gasteiger partial charge in [-0.1, -0.05) is 253 Å². The summed E-state index contributed by atoms with van der Waals surface area (Å²) >= 11 is 0.